The molecular formula is C13H11ClN2O2. The van der Waals surface area contributed by atoms with Crippen LogP contribution in [-0.4, -0.2) is 10.9 Å². The van der Waals surface area contributed by atoms with E-state index in [0.717, 1.165) is 5.56 Å². The number of benzene rings is 1. The summed E-state index contributed by atoms with van der Waals surface area (Å²) in [5, 5.41) is 3.08. The van der Waals surface area contributed by atoms with Gasteiger partial charge in [-0.25, -0.2) is 0 Å². The molecule has 0 aliphatic heterocycles. The van der Waals surface area contributed by atoms with Crippen molar-refractivity contribution in [1.82, 2.24) is 4.98 Å². The van der Waals surface area contributed by atoms with Crippen LogP contribution < -0.4 is 10.9 Å². The maximum Gasteiger partial charge on any atom is 0.271 e. The van der Waals surface area contributed by atoms with Crippen LogP contribution in [0.15, 0.2) is 47.4 Å². The van der Waals surface area contributed by atoms with E-state index in [1.54, 1.807) is 30.3 Å². The molecular weight excluding hydrogens is 252 g/mol. The maximum atomic E-state index is 11.8. The Morgan fingerprint density at radius 3 is 2.72 bits per heavy atom. The lowest BCUT2D eigenvalue weighted by Crippen LogP contribution is -2.20. The minimum Gasteiger partial charge on any atom is -0.327 e. The normalized spacial score (nSPS) is 10.1. The predicted octanol–water partition coefficient (Wildman–Crippen LogP) is 2.21. The Morgan fingerprint density at radius 1 is 1.22 bits per heavy atom. The molecule has 0 saturated carbocycles. The zero-order chi connectivity index (χ0) is 13.0. The topological polar surface area (TPSA) is 62.0 Å². The van der Waals surface area contributed by atoms with Crippen LogP contribution in [0.1, 0.15) is 5.56 Å². The monoisotopic (exact) mass is 262 g/mol. The van der Waals surface area contributed by atoms with E-state index in [4.69, 9.17) is 11.6 Å². The fraction of sp³-hybridized carbons (Fsp3) is 0.0769. The third kappa shape index (κ3) is 2.99. The van der Waals surface area contributed by atoms with E-state index in [0.29, 0.717) is 5.02 Å². The summed E-state index contributed by atoms with van der Waals surface area (Å²) in [6, 6.07) is 10.3. The molecule has 0 fully saturated rings. The number of H-pyrrole nitrogens is 1. The highest BCUT2D eigenvalue weighted by Crippen LogP contribution is 2.15. The summed E-state index contributed by atoms with van der Waals surface area (Å²) in [5.41, 5.74) is 0.628. The molecule has 18 heavy (non-hydrogen) atoms. The molecule has 0 aliphatic carbocycles. The van der Waals surface area contributed by atoms with Crippen molar-refractivity contribution in [2.24, 2.45) is 0 Å². The van der Waals surface area contributed by atoms with Crippen LogP contribution in [0.4, 0.5) is 5.69 Å². The lowest BCUT2D eigenvalue weighted by atomic mass is 10.1. The first-order chi connectivity index (χ1) is 8.66. The Labute approximate surface area is 109 Å². The molecule has 0 saturated heterocycles. The number of carbonyl (C=O) groups is 1. The van der Waals surface area contributed by atoms with E-state index in [9.17, 15) is 9.59 Å². The number of amides is 1. The van der Waals surface area contributed by atoms with Crippen molar-refractivity contribution >= 4 is 23.2 Å². The van der Waals surface area contributed by atoms with Crippen molar-refractivity contribution in [3.05, 3.63) is 63.5 Å². The summed E-state index contributed by atoms with van der Waals surface area (Å²) in [5.74, 6) is -0.278. The largest absolute Gasteiger partial charge is 0.327 e. The van der Waals surface area contributed by atoms with E-state index < -0.39 is 0 Å². The number of rotatable bonds is 3. The lowest BCUT2D eigenvalue weighted by Gasteiger charge is -2.05. The van der Waals surface area contributed by atoms with Gasteiger partial charge in [0.1, 0.15) is 5.69 Å². The number of aromatic amines is 1. The Balaban J connectivity index is 2.09. The first-order valence-electron chi connectivity index (χ1n) is 5.38. The van der Waals surface area contributed by atoms with E-state index in [-0.39, 0.29) is 23.6 Å². The molecule has 0 bridgehead atoms. The van der Waals surface area contributed by atoms with E-state index >= 15 is 0 Å². The van der Waals surface area contributed by atoms with Crippen molar-refractivity contribution in [2.75, 3.05) is 5.32 Å². The van der Waals surface area contributed by atoms with Crippen LogP contribution in [0.25, 0.3) is 0 Å². The van der Waals surface area contributed by atoms with Crippen LogP contribution >= 0.6 is 11.6 Å². The van der Waals surface area contributed by atoms with Gasteiger partial charge >= 0.3 is 0 Å². The van der Waals surface area contributed by atoms with E-state index in [1.807, 2.05) is 6.07 Å². The molecule has 1 aromatic carbocycles. The van der Waals surface area contributed by atoms with Crippen LogP contribution in [0.5, 0.6) is 0 Å². The third-order valence-electron chi connectivity index (χ3n) is 2.40. The second kappa shape index (κ2) is 5.51. The predicted molar refractivity (Wildman–Crippen MR) is 70.8 cm³/mol. The molecule has 2 aromatic rings. The van der Waals surface area contributed by atoms with Crippen LogP contribution in [0.2, 0.25) is 5.02 Å². The minimum atomic E-state index is -0.329. The maximum absolute atomic E-state index is 11.8. The molecule has 0 radical (unpaired) electrons. The van der Waals surface area contributed by atoms with E-state index in [1.165, 1.54) is 6.20 Å². The number of halogens is 1. The number of hydrogen-bond acceptors (Lipinski definition) is 2. The molecule has 4 nitrogen and oxygen atoms in total. The summed E-state index contributed by atoms with van der Waals surface area (Å²) in [6.45, 7) is 0. The van der Waals surface area contributed by atoms with Crippen LogP contribution in [0.3, 0.4) is 0 Å². The molecule has 0 atom stereocenters. The van der Waals surface area contributed by atoms with Crippen LogP contribution in [-0.2, 0) is 11.2 Å². The Hall–Kier alpha value is -2.07. The highest BCUT2D eigenvalue weighted by atomic mass is 35.5. The second-order valence-electron chi connectivity index (χ2n) is 3.73. The van der Waals surface area contributed by atoms with Gasteiger partial charge in [-0.1, -0.05) is 29.8 Å². The Bertz CT molecular complexity index is 622. The Morgan fingerprint density at radius 2 is 2.00 bits per heavy atom. The van der Waals surface area contributed by atoms with Crippen molar-refractivity contribution in [3.63, 3.8) is 0 Å². The number of anilines is 1. The molecule has 1 aromatic heterocycles. The molecule has 1 heterocycles. The van der Waals surface area contributed by atoms with E-state index in [2.05, 4.69) is 10.3 Å². The van der Waals surface area contributed by atoms with Crippen molar-refractivity contribution in [1.29, 1.82) is 0 Å². The van der Waals surface area contributed by atoms with Gasteiger partial charge < -0.3 is 10.3 Å². The molecule has 1 amide bonds. The van der Waals surface area contributed by atoms with Gasteiger partial charge in [0.05, 0.1) is 6.42 Å². The van der Waals surface area contributed by atoms with Gasteiger partial charge in [0, 0.05) is 11.2 Å². The highest BCUT2D eigenvalue weighted by molar-refractivity contribution is 6.31. The Kier molecular flexibility index (Phi) is 3.79. The average Bonchev–Trinajstić information content (AvgIpc) is 2.35. The molecule has 0 unspecified atom stereocenters. The number of pyridine rings is 1. The first-order valence-corrected chi connectivity index (χ1v) is 5.75. The summed E-state index contributed by atoms with van der Waals surface area (Å²) < 4.78 is 0. The fourth-order valence-corrected chi connectivity index (χ4v) is 1.73. The fourth-order valence-electron chi connectivity index (χ4n) is 1.53. The standard InChI is InChI=1S/C13H11ClN2O2/c14-10-5-2-1-4-9(10)8-12(17)16-11-6-3-7-15-13(11)18/h1-7H,8H2,(H,15,18)(H,16,17). The number of nitrogens with one attached hydrogen (secondary N) is 2. The third-order valence-corrected chi connectivity index (χ3v) is 2.77. The van der Waals surface area contributed by atoms with Gasteiger partial charge in [-0.05, 0) is 23.8 Å². The van der Waals surface area contributed by atoms with Gasteiger partial charge in [0.15, 0.2) is 0 Å². The smallest absolute Gasteiger partial charge is 0.271 e. The van der Waals surface area contributed by atoms with Gasteiger partial charge in [-0.15, -0.1) is 0 Å². The molecule has 0 aliphatic rings. The minimum absolute atomic E-state index is 0.133. The van der Waals surface area contributed by atoms with Crippen molar-refractivity contribution in [2.45, 2.75) is 6.42 Å². The summed E-state index contributed by atoms with van der Waals surface area (Å²) in [6.07, 6.45) is 1.64. The summed E-state index contributed by atoms with van der Waals surface area (Å²) >= 11 is 5.95. The second-order valence-corrected chi connectivity index (χ2v) is 4.14. The van der Waals surface area contributed by atoms with Crippen molar-refractivity contribution < 1.29 is 4.79 Å². The molecule has 0 spiro atoms. The first kappa shape index (κ1) is 12.4. The number of hydrogen-bond donors (Lipinski definition) is 2. The van der Waals surface area contributed by atoms with Gasteiger partial charge in [0.2, 0.25) is 5.91 Å². The van der Waals surface area contributed by atoms with Crippen molar-refractivity contribution in [3.8, 4) is 0 Å². The van der Waals surface area contributed by atoms with Crippen LogP contribution in [0, 0.1) is 0 Å². The van der Waals surface area contributed by atoms with Gasteiger partial charge in [0.25, 0.3) is 5.56 Å². The quantitative estimate of drug-likeness (QED) is 0.891. The average molecular weight is 263 g/mol. The number of aromatic nitrogens is 1. The lowest BCUT2D eigenvalue weighted by molar-refractivity contribution is -0.115. The zero-order valence-corrected chi connectivity index (χ0v) is 10.2. The zero-order valence-electron chi connectivity index (χ0n) is 9.44. The summed E-state index contributed by atoms with van der Waals surface area (Å²) in [7, 11) is 0. The van der Waals surface area contributed by atoms with Gasteiger partial charge in [-0.2, -0.15) is 0 Å². The SMILES string of the molecule is O=C(Cc1ccccc1Cl)Nc1ccc[nH]c1=O. The summed E-state index contributed by atoms with van der Waals surface area (Å²) in [4.78, 5) is 25.6. The molecule has 92 valence electrons. The highest BCUT2D eigenvalue weighted by Gasteiger charge is 2.08. The van der Waals surface area contributed by atoms with Gasteiger partial charge in [-0.3, -0.25) is 9.59 Å². The molecule has 5 heteroatoms. The molecule has 2 rings (SSSR count). The molecule has 2 N–H and O–H groups in total. The number of carbonyl (C=O) groups excluding carboxylic acids is 1.